The molecular weight excluding hydrogens is 208 g/mol. The van der Waals surface area contributed by atoms with E-state index >= 15 is 0 Å². The van der Waals surface area contributed by atoms with Crippen molar-refractivity contribution < 1.29 is 4.74 Å². The molecule has 84 valence electrons. The van der Waals surface area contributed by atoms with Gasteiger partial charge in [0, 0.05) is 5.02 Å². The van der Waals surface area contributed by atoms with Crippen LogP contribution in [-0.4, -0.2) is 7.11 Å². The highest BCUT2D eigenvalue weighted by Gasteiger charge is 2.26. The second-order valence-corrected chi connectivity index (χ2v) is 4.02. The summed E-state index contributed by atoms with van der Waals surface area (Å²) in [4.78, 5) is 0. The van der Waals surface area contributed by atoms with Gasteiger partial charge in [0.1, 0.15) is 5.75 Å². The van der Waals surface area contributed by atoms with Gasteiger partial charge in [-0.15, -0.1) is 0 Å². The Morgan fingerprint density at radius 2 is 1.87 bits per heavy atom. The largest absolute Gasteiger partial charge is 0.496 e. The maximum atomic E-state index is 6.14. The molecule has 0 atom stereocenters. The van der Waals surface area contributed by atoms with E-state index in [0.717, 1.165) is 10.8 Å². The van der Waals surface area contributed by atoms with Gasteiger partial charge in [0.15, 0.2) is 0 Å². The summed E-state index contributed by atoms with van der Waals surface area (Å²) in [6.45, 7) is 6.06. The molecule has 0 heterocycles. The van der Waals surface area contributed by atoms with Crippen LogP contribution < -0.4 is 4.74 Å². The topological polar surface area (TPSA) is 9.23 Å². The van der Waals surface area contributed by atoms with E-state index in [1.165, 1.54) is 24.0 Å². The van der Waals surface area contributed by atoms with E-state index in [-0.39, 0.29) is 0 Å². The van der Waals surface area contributed by atoms with E-state index in [2.05, 4.69) is 13.0 Å². The highest BCUT2D eigenvalue weighted by molar-refractivity contribution is 6.31. The fourth-order valence-electron chi connectivity index (χ4n) is 1.61. The Balaban J connectivity index is 0.000000531. The van der Waals surface area contributed by atoms with Gasteiger partial charge in [-0.05, 0) is 42.9 Å². The molecule has 1 fully saturated rings. The molecule has 0 saturated heterocycles. The number of hydrogen-bond acceptors (Lipinski definition) is 1. The number of ether oxygens (including phenoxy) is 1. The molecule has 15 heavy (non-hydrogen) atoms. The van der Waals surface area contributed by atoms with Crippen molar-refractivity contribution in [1.82, 2.24) is 0 Å². The minimum Gasteiger partial charge on any atom is -0.496 e. The second kappa shape index (κ2) is 5.41. The summed E-state index contributed by atoms with van der Waals surface area (Å²) < 4.78 is 5.20. The minimum absolute atomic E-state index is 0.706. The summed E-state index contributed by atoms with van der Waals surface area (Å²) in [6, 6.07) is 4.07. The first-order valence-corrected chi connectivity index (χ1v) is 5.94. The van der Waals surface area contributed by atoms with Gasteiger partial charge in [0.2, 0.25) is 0 Å². The summed E-state index contributed by atoms with van der Waals surface area (Å²) in [5.41, 5.74) is 2.47. The third kappa shape index (κ3) is 2.88. The molecule has 0 amide bonds. The first kappa shape index (κ1) is 12.4. The molecule has 1 nitrogen and oxygen atoms in total. The van der Waals surface area contributed by atoms with Crippen molar-refractivity contribution in [1.29, 1.82) is 0 Å². The Hall–Kier alpha value is -0.690. The summed E-state index contributed by atoms with van der Waals surface area (Å²) in [5, 5.41) is 0.852. The van der Waals surface area contributed by atoms with Crippen LogP contribution in [0.15, 0.2) is 12.1 Å². The summed E-state index contributed by atoms with van der Waals surface area (Å²) >= 11 is 6.14. The summed E-state index contributed by atoms with van der Waals surface area (Å²) in [7, 11) is 1.68. The average molecular weight is 227 g/mol. The van der Waals surface area contributed by atoms with Crippen LogP contribution in [0.25, 0.3) is 0 Å². The lowest BCUT2D eigenvalue weighted by Crippen LogP contribution is -1.90. The lowest BCUT2D eigenvalue weighted by atomic mass is 10.1. The predicted molar refractivity (Wildman–Crippen MR) is 66.1 cm³/mol. The smallest absolute Gasteiger partial charge is 0.123 e. The third-order valence-corrected chi connectivity index (χ3v) is 2.86. The van der Waals surface area contributed by atoms with Crippen molar-refractivity contribution in [2.45, 2.75) is 39.5 Å². The van der Waals surface area contributed by atoms with Crippen LogP contribution in [0.2, 0.25) is 5.02 Å². The molecule has 2 rings (SSSR count). The molecule has 1 aromatic rings. The quantitative estimate of drug-likeness (QED) is 0.718. The first-order valence-electron chi connectivity index (χ1n) is 5.56. The summed E-state index contributed by atoms with van der Waals surface area (Å²) in [6.07, 6.45) is 2.57. The van der Waals surface area contributed by atoms with Crippen molar-refractivity contribution in [2.75, 3.05) is 7.11 Å². The highest BCUT2D eigenvalue weighted by atomic mass is 35.5. The Bertz CT molecular complexity index is 330. The Labute approximate surface area is 97.4 Å². The van der Waals surface area contributed by atoms with E-state index in [4.69, 9.17) is 16.3 Å². The molecule has 0 radical (unpaired) electrons. The van der Waals surface area contributed by atoms with Crippen molar-refractivity contribution in [3.8, 4) is 5.75 Å². The number of aryl methyl sites for hydroxylation is 1. The van der Waals surface area contributed by atoms with Gasteiger partial charge in [-0.3, -0.25) is 0 Å². The molecule has 1 aromatic carbocycles. The van der Waals surface area contributed by atoms with Gasteiger partial charge >= 0.3 is 0 Å². The average Bonchev–Trinajstić information content (AvgIpc) is 3.07. The zero-order valence-corrected chi connectivity index (χ0v) is 10.7. The standard InChI is InChI=1S/C11H13ClO.C2H6/c1-7-5-9(8-3-4-8)10(12)6-11(7)13-2;1-2/h5-6,8H,3-4H2,1-2H3;1-2H3. The van der Waals surface area contributed by atoms with Crippen LogP contribution in [-0.2, 0) is 0 Å². The molecule has 1 aliphatic rings. The van der Waals surface area contributed by atoms with Crippen molar-refractivity contribution >= 4 is 11.6 Å². The van der Waals surface area contributed by atoms with E-state index < -0.39 is 0 Å². The SMILES string of the molecule is CC.COc1cc(Cl)c(C2CC2)cc1C. The number of hydrogen-bond donors (Lipinski definition) is 0. The van der Waals surface area contributed by atoms with E-state index in [1.807, 2.05) is 19.9 Å². The van der Waals surface area contributed by atoms with Gasteiger partial charge in [0.05, 0.1) is 7.11 Å². The number of halogens is 1. The number of rotatable bonds is 2. The molecule has 1 aliphatic carbocycles. The van der Waals surface area contributed by atoms with Crippen molar-refractivity contribution in [2.24, 2.45) is 0 Å². The lowest BCUT2D eigenvalue weighted by Gasteiger charge is -2.08. The molecule has 0 aliphatic heterocycles. The fraction of sp³-hybridized carbons (Fsp3) is 0.538. The number of benzene rings is 1. The zero-order valence-electron chi connectivity index (χ0n) is 9.93. The Morgan fingerprint density at radius 1 is 1.27 bits per heavy atom. The van der Waals surface area contributed by atoms with Crippen LogP contribution in [0.4, 0.5) is 0 Å². The first-order chi connectivity index (χ1) is 7.22. The molecular formula is C13H19ClO. The molecule has 2 heteroatoms. The van der Waals surface area contributed by atoms with Crippen molar-refractivity contribution in [3.63, 3.8) is 0 Å². The minimum atomic E-state index is 0.706. The van der Waals surface area contributed by atoms with Gasteiger partial charge < -0.3 is 4.74 Å². The zero-order chi connectivity index (χ0) is 11.4. The van der Waals surface area contributed by atoms with Crippen LogP contribution in [0.3, 0.4) is 0 Å². The number of methoxy groups -OCH3 is 1. The molecule has 0 aromatic heterocycles. The molecule has 0 unspecified atom stereocenters. The van der Waals surface area contributed by atoms with Gasteiger partial charge in [-0.25, -0.2) is 0 Å². The van der Waals surface area contributed by atoms with Crippen LogP contribution in [0.5, 0.6) is 5.75 Å². The maximum Gasteiger partial charge on any atom is 0.123 e. The normalized spacial score (nSPS) is 14.2. The van der Waals surface area contributed by atoms with E-state index in [0.29, 0.717) is 5.92 Å². The molecule has 1 saturated carbocycles. The summed E-state index contributed by atoms with van der Waals surface area (Å²) in [5.74, 6) is 1.59. The fourth-order valence-corrected chi connectivity index (χ4v) is 1.92. The highest BCUT2D eigenvalue weighted by Crippen LogP contribution is 2.44. The van der Waals surface area contributed by atoms with Gasteiger partial charge in [0.25, 0.3) is 0 Å². The van der Waals surface area contributed by atoms with Crippen LogP contribution in [0, 0.1) is 6.92 Å². The van der Waals surface area contributed by atoms with E-state index in [9.17, 15) is 0 Å². The second-order valence-electron chi connectivity index (χ2n) is 3.62. The van der Waals surface area contributed by atoms with Gasteiger partial charge in [-0.1, -0.05) is 31.5 Å². The van der Waals surface area contributed by atoms with Gasteiger partial charge in [-0.2, -0.15) is 0 Å². The maximum absolute atomic E-state index is 6.14. The molecule has 0 N–H and O–H groups in total. The third-order valence-electron chi connectivity index (χ3n) is 2.53. The predicted octanol–water partition coefficient (Wildman–Crippen LogP) is 4.56. The lowest BCUT2D eigenvalue weighted by molar-refractivity contribution is 0.411. The van der Waals surface area contributed by atoms with Crippen LogP contribution in [0.1, 0.15) is 43.7 Å². The monoisotopic (exact) mass is 226 g/mol. The van der Waals surface area contributed by atoms with E-state index in [1.54, 1.807) is 7.11 Å². The van der Waals surface area contributed by atoms with Crippen molar-refractivity contribution in [3.05, 3.63) is 28.3 Å². The molecule has 0 spiro atoms. The molecule has 0 bridgehead atoms. The Morgan fingerprint density at radius 3 is 2.33 bits per heavy atom. The Kier molecular flexibility index (Phi) is 4.46. The van der Waals surface area contributed by atoms with Crippen LogP contribution >= 0.6 is 11.6 Å².